The Hall–Kier alpha value is -3.35. The van der Waals surface area contributed by atoms with E-state index in [9.17, 15) is 14.0 Å². The smallest absolute Gasteiger partial charge is 0.414 e. The van der Waals surface area contributed by atoms with Gasteiger partial charge in [0.05, 0.1) is 18.8 Å². The number of cyclic esters (lactones) is 1. The zero-order chi connectivity index (χ0) is 19.0. The minimum absolute atomic E-state index is 0.196. The van der Waals surface area contributed by atoms with Gasteiger partial charge in [-0.25, -0.2) is 9.18 Å². The van der Waals surface area contributed by atoms with E-state index in [-0.39, 0.29) is 19.0 Å². The second-order valence-corrected chi connectivity index (χ2v) is 6.47. The predicted octanol–water partition coefficient (Wildman–Crippen LogP) is 3.44. The molecule has 0 aliphatic carbocycles. The highest BCUT2D eigenvalue weighted by Crippen LogP contribution is 2.33. The average Bonchev–Trinajstić information content (AvgIpc) is 3.23. The normalized spacial score (nSPS) is 16.6. The van der Waals surface area contributed by atoms with Crippen molar-refractivity contribution >= 4 is 28.6 Å². The number of carbonyl (C=O) groups is 2. The molecule has 7 heteroatoms. The van der Waals surface area contributed by atoms with Crippen molar-refractivity contribution < 1.29 is 18.7 Å². The van der Waals surface area contributed by atoms with Crippen LogP contribution in [0.2, 0.25) is 0 Å². The zero-order valence-corrected chi connectivity index (χ0v) is 14.7. The van der Waals surface area contributed by atoms with Crippen LogP contribution in [0.25, 0.3) is 22.0 Å². The first-order chi connectivity index (χ1) is 13.0. The van der Waals surface area contributed by atoms with Crippen molar-refractivity contribution in [3.05, 3.63) is 54.5 Å². The second kappa shape index (κ2) is 6.75. The van der Waals surface area contributed by atoms with E-state index in [1.54, 1.807) is 18.3 Å². The molecule has 0 saturated carbocycles. The molecule has 1 aromatic heterocycles. The molecule has 0 radical (unpaired) electrons. The molecule has 1 atom stereocenters. The molecule has 0 bridgehead atoms. The number of amides is 2. The number of nitrogens with one attached hydrogen (secondary N) is 2. The third kappa shape index (κ3) is 3.23. The third-order valence-corrected chi connectivity index (χ3v) is 4.60. The second-order valence-electron chi connectivity index (χ2n) is 6.47. The molecule has 2 amide bonds. The predicted molar refractivity (Wildman–Crippen MR) is 100.0 cm³/mol. The molecule has 2 aromatic carbocycles. The van der Waals surface area contributed by atoms with Crippen molar-refractivity contribution in [2.24, 2.45) is 0 Å². The van der Waals surface area contributed by atoms with Crippen LogP contribution in [-0.2, 0) is 9.53 Å². The van der Waals surface area contributed by atoms with Gasteiger partial charge in [0.1, 0.15) is 11.9 Å². The van der Waals surface area contributed by atoms with Gasteiger partial charge in [0.2, 0.25) is 5.91 Å². The Kier molecular flexibility index (Phi) is 4.27. The van der Waals surface area contributed by atoms with Crippen molar-refractivity contribution in [2.75, 3.05) is 18.0 Å². The molecule has 27 heavy (non-hydrogen) atoms. The van der Waals surface area contributed by atoms with E-state index >= 15 is 0 Å². The highest BCUT2D eigenvalue weighted by atomic mass is 19.1. The summed E-state index contributed by atoms with van der Waals surface area (Å²) in [5, 5.41) is 3.55. The molecule has 1 aliphatic rings. The van der Waals surface area contributed by atoms with E-state index in [2.05, 4.69) is 10.3 Å². The van der Waals surface area contributed by atoms with Crippen LogP contribution in [0.4, 0.5) is 14.9 Å². The van der Waals surface area contributed by atoms with Gasteiger partial charge in [0.25, 0.3) is 0 Å². The average molecular weight is 367 g/mol. The number of benzene rings is 2. The summed E-state index contributed by atoms with van der Waals surface area (Å²) in [4.78, 5) is 27.6. The molecule has 1 fully saturated rings. The molecule has 6 nitrogen and oxygen atoms in total. The Morgan fingerprint density at radius 1 is 1.30 bits per heavy atom. The van der Waals surface area contributed by atoms with Crippen molar-refractivity contribution in [2.45, 2.75) is 13.0 Å². The number of aromatic amines is 1. The van der Waals surface area contributed by atoms with Gasteiger partial charge < -0.3 is 15.0 Å². The zero-order valence-electron chi connectivity index (χ0n) is 14.7. The number of carbonyl (C=O) groups excluding carboxylic acids is 2. The maximum absolute atomic E-state index is 14.8. The molecule has 1 unspecified atom stereocenters. The SMILES string of the molecule is CC(=O)NCC1CN(c2ccc(-c3c[nH]c4ccccc34)c(F)c2)C(=O)O1. The van der Waals surface area contributed by atoms with Crippen molar-refractivity contribution in [1.29, 1.82) is 0 Å². The largest absolute Gasteiger partial charge is 0.442 e. The molecular formula is C20H18FN3O3. The van der Waals surface area contributed by atoms with Crippen LogP contribution in [0.5, 0.6) is 0 Å². The van der Waals surface area contributed by atoms with Crippen LogP contribution < -0.4 is 10.2 Å². The molecule has 2 heterocycles. The summed E-state index contributed by atoms with van der Waals surface area (Å²) in [6.45, 7) is 1.88. The third-order valence-electron chi connectivity index (χ3n) is 4.60. The Bertz CT molecular complexity index is 1030. The quantitative estimate of drug-likeness (QED) is 0.742. The first kappa shape index (κ1) is 17.1. The lowest BCUT2D eigenvalue weighted by Gasteiger charge is -2.14. The Morgan fingerprint density at radius 2 is 2.11 bits per heavy atom. The van der Waals surface area contributed by atoms with Crippen molar-refractivity contribution in [3.63, 3.8) is 0 Å². The maximum Gasteiger partial charge on any atom is 0.414 e. The number of para-hydroxylation sites is 1. The lowest BCUT2D eigenvalue weighted by Crippen LogP contribution is -2.33. The minimum atomic E-state index is -0.551. The number of hydrogen-bond acceptors (Lipinski definition) is 3. The van der Waals surface area contributed by atoms with Gasteiger partial charge in [-0.1, -0.05) is 18.2 Å². The van der Waals surface area contributed by atoms with Crippen LogP contribution in [0, 0.1) is 5.82 Å². The van der Waals surface area contributed by atoms with E-state index in [1.807, 2.05) is 24.3 Å². The summed E-state index contributed by atoms with van der Waals surface area (Å²) in [5.41, 5.74) is 2.58. The highest BCUT2D eigenvalue weighted by molar-refractivity contribution is 5.96. The minimum Gasteiger partial charge on any atom is -0.442 e. The van der Waals surface area contributed by atoms with Crippen LogP contribution in [0.3, 0.4) is 0 Å². The highest BCUT2D eigenvalue weighted by Gasteiger charge is 2.32. The molecule has 4 rings (SSSR count). The number of ether oxygens (including phenoxy) is 1. The summed E-state index contributed by atoms with van der Waals surface area (Å²) in [5.74, 6) is -0.617. The standard InChI is InChI=1S/C20H18FN3O3/c1-12(25)22-9-14-11-24(20(26)27-14)13-6-7-15(18(21)8-13)17-10-23-19-5-3-2-4-16(17)19/h2-8,10,14,23H,9,11H2,1H3,(H,22,25). The lowest BCUT2D eigenvalue weighted by molar-refractivity contribution is -0.119. The summed E-state index contributed by atoms with van der Waals surface area (Å²) in [7, 11) is 0. The topological polar surface area (TPSA) is 74.4 Å². The molecule has 3 aromatic rings. The molecule has 2 N–H and O–H groups in total. The Morgan fingerprint density at radius 3 is 2.89 bits per heavy atom. The number of aromatic nitrogens is 1. The van der Waals surface area contributed by atoms with Crippen LogP contribution >= 0.6 is 0 Å². The van der Waals surface area contributed by atoms with Crippen LogP contribution in [0.1, 0.15) is 6.92 Å². The number of hydrogen-bond donors (Lipinski definition) is 2. The fourth-order valence-corrected chi connectivity index (χ4v) is 3.28. The van der Waals surface area contributed by atoms with Gasteiger partial charge in [-0.15, -0.1) is 0 Å². The fourth-order valence-electron chi connectivity index (χ4n) is 3.28. The maximum atomic E-state index is 14.8. The van der Waals surface area contributed by atoms with Gasteiger partial charge >= 0.3 is 6.09 Å². The summed E-state index contributed by atoms with van der Waals surface area (Å²) < 4.78 is 20.0. The number of nitrogens with zero attached hydrogens (tertiary/aromatic N) is 1. The molecular weight excluding hydrogens is 349 g/mol. The monoisotopic (exact) mass is 367 g/mol. The van der Waals surface area contributed by atoms with Crippen molar-refractivity contribution in [1.82, 2.24) is 10.3 Å². The summed E-state index contributed by atoms with van der Waals surface area (Å²) >= 11 is 0. The number of rotatable bonds is 4. The lowest BCUT2D eigenvalue weighted by atomic mass is 10.0. The van der Waals surface area contributed by atoms with E-state index in [1.165, 1.54) is 17.9 Å². The molecule has 1 saturated heterocycles. The molecule has 0 spiro atoms. The number of anilines is 1. The first-order valence-corrected chi connectivity index (χ1v) is 8.61. The Balaban J connectivity index is 1.59. The van der Waals surface area contributed by atoms with Gasteiger partial charge in [0.15, 0.2) is 0 Å². The van der Waals surface area contributed by atoms with Crippen LogP contribution in [-0.4, -0.2) is 36.2 Å². The van der Waals surface area contributed by atoms with Gasteiger partial charge in [-0.2, -0.15) is 0 Å². The molecule has 138 valence electrons. The van der Waals surface area contributed by atoms with Gasteiger partial charge in [0, 0.05) is 35.2 Å². The molecule has 1 aliphatic heterocycles. The van der Waals surface area contributed by atoms with Crippen molar-refractivity contribution in [3.8, 4) is 11.1 Å². The van der Waals surface area contributed by atoms with Gasteiger partial charge in [-0.05, 0) is 24.3 Å². The number of halogens is 1. The number of H-pyrrole nitrogens is 1. The number of fused-ring (bicyclic) bond motifs is 1. The van der Waals surface area contributed by atoms with E-state index in [4.69, 9.17) is 4.74 Å². The Labute approximate surface area is 154 Å². The van der Waals surface area contributed by atoms with Gasteiger partial charge in [-0.3, -0.25) is 9.69 Å². The summed E-state index contributed by atoms with van der Waals surface area (Å²) in [6.07, 6.45) is 0.762. The van der Waals surface area contributed by atoms with E-state index < -0.39 is 18.0 Å². The fraction of sp³-hybridized carbons (Fsp3) is 0.200. The van der Waals surface area contributed by atoms with Crippen LogP contribution in [0.15, 0.2) is 48.7 Å². The van der Waals surface area contributed by atoms with E-state index in [0.717, 1.165) is 16.5 Å². The first-order valence-electron chi connectivity index (χ1n) is 8.61. The van der Waals surface area contributed by atoms with E-state index in [0.29, 0.717) is 11.3 Å². The summed E-state index contributed by atoms with van der Waals surface area (Å²) in [6, 6.07) is 12.4.